The second-order valence-electron chi connectivity index (χ2n) is 4.07. The fraction of sp³-hybridized carbons (Fsp3) is 0.333. The van der Waals surface area contributed by atoms with E-state index in [1.807, 2.05) is 0 Å². The van der Waals surface area contributed by atoms with Crippen molar-refractivity contribution in [2.45, 2.75) is 26.3 Å². The van der Waals surface area contributed by atoms with Crippen LogP contribution in [-0.4, -0.2) is 4.98 Å². The van der Waals surface area contributed by atoms with Gasteiger partial charge in [0.1, 0.15) is 0 Å². The standard InChI is InChI=1S/C12H15BrN2/c1-7(2)12-10(6-14)9-4-3-8(13)5-11(9)15-12/h3-5,7,15H,6,14H2,1-2H3. The van der Waals surface area contributed by atoms with Gasteiger partial charge in [-0.05, 0) is 23.6 Å². The first-order valence-electron chi connectivity index (χ1n) is 5.13. The number of nitrogens with two attached hydrogens (primary N) is 1. The van der Waals surface area contributed by atoms with Crippen LogP contribution in [0.2, 0.25) is 0 Å². The molecule has 0 aliphatic heterocycles. The van der Waals surface area contributed by atoms with Crippen LogP contribution in [0.1, 0.15) is 31.0 Å². The molecule has 1 aromatic heterocycles. The van der Waals surface area contributed by atoms with Crippen LogP contribution in [0.25, 0.3) is 10.9 Å². The molecule has 0 bridgehead atoms. The van der Waals surface area contributed by atoms with Crippen LogP contribution in [0, 0.1) is 0 Å². The Labute approximate surface area is 98.0 Å². The van der Waals surface area contributed by atoms with Crippen molar-refractivity contribution in [2.75, 3.05) is 0 Å². The van der Waals surface area contributed by atoms with Gasteiger partial charge in [-0.15, -0.1) is 0 Å². The molecule has 3 heteroatoms. The number of aromatic amines is 1. The maximum atomic E-state index is 5.81. The Kier molecular flexibility index (Phi) is 2.85. The fourth-order valence-electron chi connectivity index (χ4n) is 1.96. The number of aromatic nitrogens is 1. The van der Waals surface area contributed by atoms with E-state index in [1.54, 1.807) is 0 Å². The lowest BCUT2D eigenvalue weighted by molar-refractivity contribution is 0.814. The smallest absolute Gasteiger partial charge is 0.0470 e. The molecule has 2 rings (SSSR count). The highest BCUT2D eigenvalue weighted by Crippen LogP contribution is 2.29. The molecule has 0 fully saturated rings. The minimum absolute atomic E-state index is 0.481. The van der Waals surface area contributed by atoms with E-state index < -0.39 is 0 Å². The Hall–Kier alpha value is -0.800. The maximum Gasteiger partial charge on any atom is 0.0470 e. The van der Waals surface area contributed by atoms with Gasteiger partial charge < -0.3 is 10.7 Å². The summed E-state index contributed by atoms with van der Waals surface area (Å²) in [5.41, 5.74) is 9.46. The summed E-state index contributed by atoms with van der Waals surface area (Å²) in [6, 6.07) is 6.27. The molecule has 0 amide bonds. The van der Waals surface area contributed by atoms with Crippen molar-refractivity contribution in [1.29, 1.82) is 0 Å². The third-order valence-electron chi connectivity index (χ3n) is 2.68. The quantitative estimate of drug-likeness (QED) is 0.858. The molecule has 2 nitrogen and oxygen atoms in total. The Bertz CT molecular complexity index is 486. The third kappa shape index (κ3) is 1.82. The van der Waals surface area contributed by atoms with Crippen molar-refractivity contribution >= 4 is 26.8 Å². The normalized spacial score (nSPS) is 11.5. The molecule has 0 aliphatic carbocycles. The lowest BCUT2D eigenvalue weighted by atomic mass is 10.0. The number of benzene rings is 1. The Morgan fingerprint density at radius 1 is 1.40 bits per heavy atom. The third-order valence-corrected chi connectivity index (χ3v) is 3.18. The van der Waals surface area contributed by atoms with Crippen molar-refractivity contribution in [3.05, 3.63) is 33.9 Å². The molecule has 1 heterocycles. The molecule has 0 atom stereocenters. The first kappa shape index (κ1) is 10.7. The predicted octanol–water partition coefficient (Wildman–Crippen LogP) is 3.51. The van der Waals surface area contributed by atoms with Crippen LogP contribution in [0.3, 0.4) is 0 Å². The monoisotopic (exact) mass is 266 g/mol. The van der Waals surface area contributed by atoms with Gasteiger partial charge in [-0.2, -0.15) is 0 Å². The second kappa shape index (κ2) is 3.99. The molecule has 0 spiro atoms. The van der Waals surface area contributed by atoms with Crippen LogP contribution in [-0.2, 0) is 6.54 Å². The van der Waals surface area contributed by atoms with E-state index in [2.05, 4.69) is 53.0 Å². The van der Waals surface area contributed by atoms with Gasteiger partial charge in [0.15, 0.2) is 0 Å². The summed E-state index contributed by atoms with van der Waals surface area (Å²) in [4.78, 5) is 3.45. The summed E-state index contributed by atoms with van der Waals surface area (Å²) in [5.74, 6) is 0.481. The van der Waals surface area contributed by atoms with E-state index in [0.29, 0.717) is 12.5 Å². The summed E-state index contributed by atoms with van der Waals surface area (Å²) in [6.45, 7) is 4.95. The molecule has 2 aromatic rings. The van der Waals surface area contributed by atoms with Crippen molar-refractivity contribution < 1.29 is 0 Å². The molecule has 1 aromatic carbocycles. The van der Waals surface area contributed by atoms with Crippen molar-refractivity contribution in [3.63, 3.8) is 0 Å². The van der Waals surface area contributed by atoms with Gasteiger partial charge >= 0.3 is 0 Å². The van der Waals surface area contributed by atoms with Gasteiger partial charge in [0.25, 0.3) is 0 Å². The molecular weight excluding hydrogens is 252 g/mol. The van der Waals surface area contributed by atoms with Gasteiger partial charge in [-0.1, -0.05) is 35.8 Å². The largest absolute Gasteiger partial charge is 0.358 e. The molecule has 0 aliphatic rings. The first-order valence-corrected chi connectivity index (χ1v) is 5.93. The molecule has 15 heavy (non-hydrogen) atoms. The summed E-state index contributed by atoms with van der Waals surface area (Å²) in [5, 5.41) is 1.24. The summed E-state index contributed by atoms with van der Waals surface area (Å²) in [7, 11) is 0. The van der Waals surface area contributed by atoms with Gasteiger partial charge in [0, 0.05) is 27.6 Å². The average molecular weight is 267 g/mol. The van der Waals surface area contributed by atoms with Crippen LogP contribution in [0.15, 0.2) is 22.7 Å². The van der Waals surface area contributed by atoms with E-state index in [9.17, 15) is 0 Å². The van der Waals surface area contributed by atoms with E-state index in [4.69, 9.17) is 5.73 Å². The van der Waals surface area contributed by atoms with Crippen LogP contribution < -0.4 is 5.73 Å². The lowest BCUT2D eigenvalue weighted by Gasteiger charge is -2.04. The SMILES string of the molecule is CC(C)c1[nH]c2cc(Br)ccc2c1CN. The zero-order chi connectivity index (χ0) is 11.0. The van der Waals surface area contributed by atoms with Crippen LogP contribution in [0.4, 0.5) is 0 Å². The summed E-state index contributed by atoms with van der Waals surface area (Å²) in [6.07, 6.45) is 0. The van der Waals surface area contributed by atoms with E-state index in [1.165, 1.54) is 16.6 Å². The summed E-state index contributed by atoms with van der Waals surface area (Å²) < 4.78 is 1.09. The highest BCUT2D eigenvalue weighted by molar-refractivity contribution is 9.10. The van der Waals surface area contributed by atoms with Crippen LogP contribution in [0.5, 0.6) is 0 Å². The molecular formula is C12H15BrN2. The Morgan fingerprint density at radius 3 is 2.73 bits per heavy atom. The number of fused-ring (bicyclic) bond motifs is 1. The Morgan fingerprint density at radius 2 is 2.13 bits per heavy atom. The number of halogens is 1. The highest BCUT2D eigenvalue weighted by Gasteiger charge is 2.12. The number of hydrogen-bond acceptors (Lipinski definition) is 1. The van der Waals surface area contributed by atoms with E-state index in [-0.39, 0.29) is 0 Å². The molecule has 0 radical (unpaired) electrons. The van der Waals surface area contributed by atoms with Crippen molar-refractivity contribution in [2.24, 2.45) is 5.73 Å². The van der Waals surface area contributed by atoms with Crippen molar-refractivity contribution in [1.82, 2.24) is 4.98 Å². The number of nitrogens with one attached hydrogen (secondary N) is 1. The summed E-state index contributed by atoms with van der Waals surface area (Å²) >= 11 is 3.47. The fourth-order valence-corrected chi connectivity index (χ4v) is 2.32. The molecule has 80 valence electrons. The second-order valence-corrected chi connectivity index (χ2v) is 4.98. The highest BCUT2D eigenvalue weighted by atomic mass is 79.9. The number of rotatable bonds is 2. The molecule has 3 N–H and O–H groups in total. The number of H-pyrrole nitrogens is 1. The zero-order valence-corrected chi connectivity index (χ0v) is 10.6. The molecule has 0 saturated heterocycles. The topological polar surface area (TPSA) is 41.8 Å². The first-order chi connectivity index (χ1) is 7.13. The zero-order valence-electron chi connectivity index (χ0n) is 8.97. The van der Waals surface area contributed by atoms with Crippen molar-refractivity contribution in [3.8, 4) is 0 Å². The number of hydrogen-bond donors (Lipinski definition) is 2. The minimum atomic E-state index is 0.481. The van der Waals surface area contributed by atoms with Gasteiger partial charge in [-0.25, -0.2) is 0 Å². The minimum Gasteiger partial charge on any atom is -0.358 e. The van der Waals surface area contributed by atoms with E-state index in [0.717, 1.165) is 9.99 Å². The predicted molar refractivity (Wildman–Crippen MR) is 68.0 cm³/mol. The van der Waals surface area contributed by atoms with E-state index >= 15 is 0 Å². The average Bonchev–Trinajstić information content (AvgIpc) is 2.55. The van der Waals surface area contributed by atoms with Gasteiger partial charge in [0.2, 0.25) is 0 Å². The lowest BCUT2D eigenvalue weighted by Crippen LogP contribution is -2.01. The van der Waals surface area contributed by atoms with Gasteiger partial charge in [0.05, 0.1) is 0 Å². The van der Waals surface area contributed by atoms with Gasteiger partial charge in [-0.3, -0.25) is 0 Å². The molecule has 0 unspecified atom stereocenters. The van der Waals surface area contributed by atoms with Crippen LogP contribution >= 0.6 is 15.9 Å². The molecule has 0 saturated carbocycles. The maximum absolute atomic E-state index is 5.81. The Balaban J connectivity index is 2.73.